The highest BCUT2D eigenvalue weighted by Crippen LogP contribution is 2.03. The fraction of sp³-hybridized carbons (Fsp3) is 0.0909. The van der Waals surface area contributed by atoms with Crippen molar-refractivity contribution < 1.29 is 0 Å². The molecule has 1 heterocycles. The van der Waals surface area contributed by atoms with Gasteiger partial charge in [-0.05, 0) is 11.6 Å². The van der Waals surface area contributed by atoms with Crippen LogP contribution in [0.5, 0.6) is 0 Å². The van der Waals surface area contributed by atoms with Crippen LogP contribution in [0, 0.1) is 6.20 Å². The summed E-state index contributed by atoms with van der Waals surface area (Å²) in [5, 5.41) is 0. The molecule has 0 saturated heterocycles. The summed E-state index contributed by atoms with van der Waals surface area (Å²) >= 11 is 0. The molecule has 1 aromatic carbocycles. The van der Waals surface area contributed by atoms with E-state index >= 15 is 0 Å². The molecule has 2 aromatic rings. The topological polar surface area (TPSA) is 25.8 Å². The Bertz CT molecular complexity index is 319. The third-order valence-electron chi connectivity index (χ3n) is 1.77. The Morgan fingerprint density at radius 1 is 1.15 bits per heavy atom. The molecule has 2 nitrogen and oxygen atoms in total. The van der Waals surface area contributed by atoms with Crippen molar-refractivity contribution in [3.8, 4) is 0 Å². The predicted octanol–water partition coefficient (Wildman–Crippen LogP) is 1.87. The Kier molecular flexibility index (Phi) is 2.32. The van der Waals surface area contributed by atoms with Crippen molar-refractivity contribution in [2.75, 3.05) is 0 Å². The van der Waals surface area contributed by atoms with E-state index in [1.807, 2.05) is 18.2 Å². The summed E-state index contributed by atoms with van der Waals surface area (Å²) in [6.07, 6.45) is 5.26. The van der Waals surface area contributed by atoms with E-state index in [4.69, 9.17) is 0 Å². The van der Waals surface area contributed by atoms with Crippen molar-refractivity contribution in [3.05, 3.63) is 60.2 Å². The van der Waals surface area contributed by atoms with E-state index in [0.717, 1.165) is 12.2 Å². The molecule has 2 rings (SSSR count). The van der Waals surface area contributed by atoms with E-state index in [2.05, 4.69) is 28.3 Å². The highest BCUT2D eigenvalue weighted by atomic mass is 14.8. The standard InChI is InChI=1S/C11H9N2/c1-2-5-10(6-3-1)9-11-12-7-4-8-13-11/h1-7H,9H2. The fourth-order valence-corrected chi connectivity index (χ4v) is 1.16. The zero-order valence-electron chi connectivity index (χ0n) is 7.14. The maximum absolute atomic E-state index is 4.13. The third kappa shape index (κ3) is 2.12. The Hall–Kier alpha value is -1.70. The van der Waals surface area contributed by atoms with Crippen LogP contribution < -0.4 is 0 Å². The Morgan fingerprint density at radius 2 is 2.00 bits per heavy atom. The van der Waals surface area contributed by atoms with Gasteiger partial charge in [-0.1, -0.05) is 30.3 Å². The van der Waals surface area contributed by atoms with Crippen LogP contribution in [0.1, 0.15) is 11.4 Å². The quantitative estimate of drug-likeness (QED) is 0.685. The number of nitrogens with zero attached hydrogens (tertiary/aromatic N) is 2. The van der Waals surface area contributed by atoms with Crippen molar-refractivity contribution >= 4 is 0 Å². The Labute approximate surface area is 77.3 Å². The SMILES string of the molecule is [c]1ccnc(Cc2ccccc2)n1. The van der Waals surface area contributed by atoms with E-state index < -0.39 is 0 Å². The summed E-state index contributed by atoms with van der Waals surface area (Å²) < 4.78 is 0. The second-order valence-electron chi connectivity index (χ2n) is 2.76. The van der Waals surface area contributed by atoms with Crippen LogP contribution in [0.2, 0.25) is 0 Å². The van der Waals surface area contributed by atoms with Crippen LogP contribution in [0.3, 0.4) is 0 Å². The first-order valence-corrected chi connectivity index (χ1v) is 4.17. The van der Waals surface area contributed by atoms with Gasteiger partial charge in [0.15, 0.2) is 0 Å². The van der Waals surface area contributed by atoms with Gasteiger partial charge in [-0.3, -0.25) is 0 Å². The largest absolute Gasteiger partial charge is 0.241 e. The molecule has 0 bridgehead atoms. The summed E-state index contributed by atoms with van der Waals surface area (Å²) in [5.41, 5.74) is 1.22. The molecule has 0 aliphatic heterocycles. The Balaban J connectivity index is 2.16. The van der Waals surface area contributed by atoms with Gasteiger partial charge in [0, 0.05) is 12.6 Å². The van der Waals surface area contributed by atoms with E-state index in [1.165, 1.54) is 5.56 Å². The summed E-state index contributed by atoms with van der Waals surface area (Å²) in [6, 6.07) is 11.9. The van der Waals surface area contributed by atoms with E-state index in [0.29, 0.717) is 0 Å². The van der Waals surface area contributed by atoms with Crippen LogP contribution in [0.15, 0.2) is 42.6 Å². The zero-order chi connectivity index (χ0) is 8.93. The molecule has 1 aromatic heterocycles. The van der Waals surface area contributed by atoms with Gasteiger partial charge in [0.2, 0.25) is 0 Å². The van der Waals surface area contributed by atoms with Crippen molar-refractivity contribution in [2.45, 2.75) is 6.42 Å². The number of aromatic nitrogens is 2. The summed E-state index contributed by atoms with van der Waals surface area (Å²) in [5.74, 6) is 0.814. The van der Waals surface area contributed by atoms with Crippen LogP contribution in [0.25, 0.3) is 0 Å². The monoisotopic (exact) mass is 169 g/mol. The molecule has 13 heavy (non-hydrogen) atoms. The molecule has 0 aliphatic rings. The minimum atomic E-state index is 0.776. The summed E-state index contributed by atoms with van der Waals surface area (Å²) in [7, 11) is 0. The van der Waals surface area contributed by atoms with E-state index in [1.54, 1.807) is 12.3 Å². The number of benzene rings is 1. The molecule has 0 fully saturated rings. The van der Waals surface area contributed by atoms with Gasteiger partial charge in [0.25, 0.3) is 0 Å². The van der Waals surface area contributed by atoms with Crippen LogP contribution >= 0.6 is 0 Å². The predicted molar refractivity (Wildman–Crippen MR) is 50.1 cm³/mol. The lowest BCUT2D eigenvalue weighted by Crippen LogP contribution is -1.94. The van der Waals surface area contributed by atoms with Gasteiger partial charge >= 0.3 is 0 Å². The highest BCUT2D eigenvalue weighted by molar-refractivity contribution is 5.18. The summed E-state index contributed by atoms with van der Waals surface area (Å²) in [6.45, 7) is 0. The van der Waals surface area contributed by atoms with Crippen molar-refractivity contribution in [1.82, 2.24) is 9.97 Å². The molecule has 2 heteroatoms. The van der Waals surface area contributed by atoms with Gasteiger partial charge in [-0.25, -0.2) is 9.97 Å². The molecule has 0 atom stereocenters. The Morgan fingerprint density at radius 3 is 2.69 bits per heavy atom. The number of hydrogen-bond acceptors (Lipinski definition) is 2. The molecular formula is C11H9N2. The maximum atomic E-state index is 4.13. The molecule has 0 saturated carbocycles. The van der Waals surface area contributed by atoms with Crippen LogP contribution in [-0.2, 0) is 6.42 Å². The lowest BCUT2D eigenvalue weighted by molar-refractivity contribution is 0.963. The highest BCUT2D eigenvalue weighted by Gasteiger charge is 1.95. The minimum absolute atomic E-state index is 0.776. The molecule has 0 amide bonds. The maximum Gasteiger partial charge on any atom is 0.133 e. The normalized spacial score (nSPS) is 9.85. The first-order chi connectivity index (χ1) is 6.45. The minimum Gasteiger partial charge on any atom is -0.241 e. The lowest BCUT2D eigenvalue weighted by Gasteiger charge is -1.97. The zero-order valence-corrected chi connectivity index (χ0v) is 7.14. The van der Waals surface area contributed by atoms with Crippen LogP contribution in [0.4, 0.5) is 0 Å². The molecule has 0 spiro atoms. The fourth-order valence-electron chi connectivity index (χ4n) is 1.16. The molecule has 0 N–H and O–H groups in total. The van der Waals surface area contributed by atoms with Crippen LogP contribution in [-0.4, -0.2) is 9.97 Å². The smallest absolute Gasteiger partial charge is 0.133 e. The number of rotatable bonds is 2. The molecule has 1 radical (unpaired) electrons. The van der Waals surface area contributed by atoms with Gasteiger partial charge in [0.1, 0.15) is 5.82 Å². The number of hydrogen-bond donors (Lipinski definition) is 0. The average Bonchev–Trinajstić information content (AvgIpc) is 2.21. The van der Waals surface area contributed by atoms with Crippen molar-refractivity contribution in [1.29, 1.82) is 0 Å². The van der Waals surface area contributed by atoms with Crippen molar-refractivity contribution in [3.63, 3.8) is 0 Å². The van der Waals surface area contributed by atoms with Crippen molar-refractivity contribution in [2.24, 2.45) is 0 Å². The lowest BCUT2D eigenvalue weighted by atomic mass is 10.1. The molecule has 63 valence electrons. The second-order valence-corrected chi connectivity index (χ2v) is 2.76. The van der Waals surface area contributed by atoms with Gasteiger partial charge < -0.3 is 0 Å². The molecular weight excluding hydrogens is 160 g/mol. The first kappa shape index (κ1) is 7.92. The average molecular weight is 169 g/mol. The van der Waals surface area contributed by atoms with E-state index in [-0.39, 0.29) is 0 Å². The first-order valence-electron chi connectivity index (χ1n) is 4.17. The third-order valence-corrected chi connectivity index (χ3v) is 1.77. The second kappa shape index (κ2) is 3.81. The summed E-state index contributed by atoms with van der Waals surface area (Å²) in [4.78, 5) is 8.17. The van der Waals surface area contributed by atoms with Gasteiger partial charge in [0.05, 0.1) is 6.20 Å². The molecule has 0 aliphatic carbocycles. The van der Waals surface area contributed by atoms with Gasteiger partial charge in [-0.15, -0.1) is 0 Å². The van der Waals surface area contributed by atoms with Gasteiger partial charge in [-0.2, -0.15) is 0 Å². The van der Waals surface area contributed by atoms with E-state index in [9.17, 15) is 0 Å². The molecule has 0 unspecified atom stereocenters.